The van der Waals surface area contributed by atoms with Crippen molar-refractivity contribution < 1.29 is 4.74 Å². The van der Waals surface area contributed by atoms with Crippen LogP contribution in [0, 0.1) is 6.92 Å². The van der Waals surface area contributed by atoms with Crippen molar-refractivity contribution >= 4 is 39.1 Å². The molecule has 0 heterocycles. The molecule has 2 aromatic carbocycles. The highest BCUT2D eigenvalue weighted by Crippen LogP contribution is 2.35. The Morgan fingerprint density at radius 1 is 1.10 bits per heavy atom. The average Bonchev–Trinajstić information content (AvgIpc) is 2.39. The van der Waals surface area contributed by atoms with Crippen LogP contribution in [0.2, 0.25) is 10.0 Å². The maximum absolute atomic E-state index is 6.31. The highest BCUT2D eigenvalue weighted by molar-refractivity contribution is 9.10. The second kappa shape index (κ2) is 6.35. The van der Waals surface area contributed by atoms with Gasteiger partial charge in [0.1, 0.15) is 5.75 Å². The first-order valence-corrected chi connectivity index (χ1v) is 7.53. The zero-order valence-corrected chi connectivity index (χ0v) is 14.2. The van der Waals surface area contributed by atoms with Gasteiger partial charge in [-0.15, -0.1) is 0 Å². The lowest BCUT2D eigenvalue weighted by Gasteiger charge is -2.17. The quantitative estimate of drug-likeness (QED) is 0.808. The average molecular weight is 375 g/mol. The molecule has 0 bridgehead atoms. The molecule has 0 aromatic heterocycles. The van der Waals surface area contributed by atoms with Gasteiger partial charge in [0.25, 0.3) is 0 Å². The van der Waals surface area contributed by atoms with Crippen LogP contribution in [-0.4, -0.2) is 7.11 Å². The molecule has 2 nitrogen and oxygen atoms in total. The molecule has 2 rings (SSSR count). The van der Waals surface area contributed by atoms with Crippen LogP contribution in [0.1, 0.15) is 22.7 Å². The van der Waals surface area contributed by atoms with Crippen molar-refractivity contribution in [3.05, 3.63) is 61.5 Å². The molecule has 0 saturated carbocycles. The summed E-state index contributed by atoms with van der Waals surface area (Å²) in [6.07, 6.45) is 0. The Bertz CT molecular complexity index is 626. The maximum Gasteiger partial charge on any atom is 0.138 e. The van der Waals surface area contributed by atoms with Crippen LogP contribution in [0.5, 0.6) is 5.75 Å². The molecule has 5 heteroatoms. The highest BCUT2D eigenvalue weighted by Gasteiger charge is 2.16. The van der Waals surface area contributed by atoms with E-state index in [9.17, 15) is 0 Å². The van der Waals surface area contributed by atoms with Crippen LogP contribution < -0.4 is 10.5 Å². The summed E-state index contributed by atoms with van der Waals surface area (Å²) in [6, 6.07) is 9.13. The summed E-state index contributed by atoms with van der Waals surface area (Å²) < 4.78 is 6.12. The van der Waals surface area contributed by atoms with Gasteiger partial charge in [-0.25, -0.2) is 0 Å². The smallest absolute Gasteiger partial charge is 0.138 e. The molecule has 1 unspecified atom stereocenters. The van der Waals surface area contributed by atoms with E-state index in [1.807, 2.05) is 25.1 Å². The van der Waals surface area contributed by atoms with E-state index in [1.165, 1.54) is 0 Å². The lowest BCUT2D eigenvalue weighted by molar-refractivity contribution is 0.415. The Morgan fingerprint density at radius 3 is 2.40 bits per heavy atom. The maximum atomic E-state index is 6.31. The van der Waals surface area contributed by atoms with Crippen molar-refractivity contribution in [1.29, 1.82) is 0 Å². The first-order valence-electron chi connectivity index (χ1n) is 5.98. The van der Waals surface area contributed by atoms with Crippen LogP contribution >= 0.6 is 39.1 Å². The molecule has 0 spiro atoms. The number of halogens is 3. The zero-order valence-electron chi connectivity index (χ0n) is 11.1. The molecule has 0 radical (unpaired) electrons. The molecule has 106 valence electrons. The minimum atomic E-state index is -0.345. The van der Waals surface area contributed by atoms with Crippen LogP contribution in [0.25, 0.3) is 0 Å². The van der Waals surface area contributed by atoms with Crippen molar-refractivity contribution in [3.8, 4) is 5.75 Å². The Morgan fingerprint density at radius 2 is 1.80 bits per heavy atom. The van der Waals surface area contributed by atoms with Crippen LogP contribution in [0.15, 0.2) is 34.8 Å². The fraction of sp³-hybridized carbons (Fsp3) is 0.200. The van der Waals surface area contributed by atoms with E-state index >= 15 is 0 Å². The molecule has 20 heavy (non-hydrogen) atoms. The fourth-order valence-electron chi connectivity index (χ4n) is 2.06. The van der Waals surface area contributed by atoms with Gasteiger partial charge in [-0.1, -0.05) is 45.2 Å². The summed E-state index contributed by atoms with van der Waals surface area (Å²) in [6.45, 7) is 2.02. The van der Waals surface area contributed by atoms with E-state index < -0.39 is 0 Å². The zero-order chi connectivity index (χ0) is 14.9. The van der Waals surface area contributed by atoms with E-state index in [2.05, 4.69) is 15.9 Å². The van der Waals surface area contributed by atoms with Crippen molar-refractivity contribution in [1.82, 2.24) is 0 Å². The van der Waals surface area contributed by atoms with E-state index in [0.717, 1.165) is 21.2 Å². The van der Waals surface area contributed by atoms with Gasteiger partial charge in [-0.3, -0.25) is 0 Å². The summed E-state index contributed by atoms with van der Waals surface area (Å²) in [4.78, 5) is 0. The predicted octanol–water partition coefficient (Wildman–Crippen LogP) is 5.12. The summed E-state index contributed by atoms with van der Waals surface area (Å²) in [5.41, 5.74) is 9.18. The molecule has 0 saturated heterocycles. The van der Waals surface area contributed by atoms with Gasteiger partial charge in [0.2, 0.25) is 0 Å². The van der Waals surface area contributed by atoms with Crippen LogP contribution in [0.4, 0.5) is 0 Å². The Balaban J connectivity index is 2.47. The molecule has 2 N–H and O–H groups in total. The SMILES string of the molecule is COc1cc(Cl)c(C(N)c2cc(C)cc(Br)c2)cc1Cl. The predicted molar refractivity (Wildman–Crippen MR) is 87.9 cm³/mol. The Labute approximate surface area is 137 Å². The summed E-state index contributed by atoms with van der Waals surface area (Å²) in [7, 11) is 1.55. The number of hydrogen-bond acceptors (Lipinski definition) is 2. The minimum absolute atomic E-state index is 0.345. The fourth-order valence-corrected chi connectivity index (χ4v) is 3.21. The first-order chi connectivity index (χ1) is 9.42. The monoisotopic (exact) mass is 373 g/mol. The standard InChI is InChI=1S/C15H14BrCl2NO/c1-8-3-9(5-10(16)4-8)15(19)11-6-13(18)14(20-2)7-12(11)17/h3-7,15H,19H2,1-2H3. The molecule has 0 aliphatic heterocycles. The van der Waals surface area contributed by atoms with Gasteiger partial charge in [0, 0.05) is 15.6 Å². The van der Waals surface area contributed by atoms with E-state index in [0.29, 0.717) is 15.8 Å². The Hall–Kier alpha value is -0.740. The van der Waals surface area contributed by atoms with Crippen LogP contribution in [-0.2, 0) is 0 Å². The number of rotatable bonds is 3. The van der Waals surface area contributed by atoms with Gasteiger partial charge in [0.05, 0.1) is 18.2 Å². The topological polar surface area (TPSA) is 35.2 Å². The molecule has 0 aliphatic rings. The second-order valence-corrected chi connectivity index (χ2v) is 6.28. The van der Waals surface area contributed by atoms with Gasteiger partial charge in [0.15, 0.2) is 0 Å². The third-order valence-electron chi connectivity index (χ3n) is 3.03. The molecule has 0 amide bonds. The van der Waals surface area contributed by atoms with Crippen molar-refractivity contribution in [2.75, 3.05) is 7.11 Å². The highest BCUT2D eigenvalue weighted by atomic mass is 79.9. The van der Waals surface area contributed by atoms with Crippen molar-refractivity contribution in [2.24, 2.45) is 5.73 Å². The number of nitrogens with two attached hydrogens (primary N) is 1. The summed E-state index contributed by atoms with van der Waals surface area (Å²) in [5, 5.41) is 1.03. The molecular formula is C15H14BrCl2NO. The minimum Gasteiger partial charge on any atom is -0.495 e. The molecule has 0 fully saturated rings. The second-order valence-electron chi connectivity index (χ2n) is 4.55. The molecule has 2 aromatic rings. The number of aryl methyl sites for hydroxylation is 1. The molecule has 1 atom stereocenters. The van der Waals surface area contributed by atoms with Gasteiger partial charge < -0.3 is 10.5 Å². The number of benzene rings is 2. The van der Waals surface area contributed by atoms with E-state index in [-0.39, 0.29) is 6.04 Å². The molecule has 0 aliphatic carbocycles. The largest absolute Gasteiger partial charge is 0.495 e. The van der Waals surface area contributed by atoms with Crippen LogP contribution in [0.3, 0.4) is 0 Å². The van der Waals surface area contributed by atoms with E-state index in [4.69, 9.17) is 33.7 Å². The number of ether oxygens (including phenoxy) is 1. The number of methoxy groups -OCH3 is 1. The Kier molecular flexibility index (Phi) is 4.97. The van der Waals surface area contributed by atoms with Gasteiger partial charge in [-0.2, -0.15) is 0 Å². The molecular weight excluding hydrogens is 361 g/mol. The third-order valence-corrected chi connectivity index (χ3v) is 4.11. The van der Waals surface area contributed by atoms with Gasteiger partial charge >= 0.3 is 0 Å². The van der Waals surface area contributed by atoms with Gasteiger partial charge in [-0.05, 0) is 41.8 Å². The number of hydrogen-bond donors (Lipinski definition) is 1. The van der Waals surface area contributed by atoms with Crippen molar-refractivity contribution in [3.63, 3.8) is 0 Å². The lowest BCUT2D eigenvalue weighted by atomic mass is 9.98. The summed E-state index contributed by atoms with van der Waals surface area (Å²) >= 11 is 15.9. The van der Waals surface area contributed by atoms with Crippen molar-refractivity contribution in [2.45, 2.75) is 13.0 Å². The third kappa shape index (κ3) is 3.29. The summed E-state index contributed by atoms with van der Waals surface area (Å²) in [5.74, 6) is 0.540. The van der Waals surface area contributed by atoms with E-state index in [1.54, 1.807) is 19.2 Å². The first kappa shape index (κ1) is 15.6. The lowest BCUT2D eigenvalue weighted by Crippen LogP contribution is -2.13. The normalized spacial score (nSPS) is 12.3.